The summed E-state index contributed by atoms with van der Waals surface area (Å²) in [6, 6.07) is 0. The van der Waals surface area contributed by atoms with Crippen molar-refractivity contribution in [2.24, 2.45) is 5.73 Å². The van der Waals surface area contributed by atoms with Gasteiger partial charge in [-0.25, -0.2) is 0 Å². The van der Waals surface area contributed by atoms with Crippen LogP contribution < -0.4 is 10.8 Å². The minimum Gasteiger partial charge on any atom is -0.404 e. The maximum absolute atomic E-state index is 5.74. The second-order valence-corrected chi connectivity index (χ2v) is 8.45. The van der Waals surface area contributed by atoms with E-state index in [-0.39, 0.29) is 5.54 Å². The van der Waals surface area contributed by atoms with Crippen molar-refractivity contribution in [2.45, 2.75) is 58.9 Å². The maximum Gasteiger partial charge on any atom is 0.0164 e. The van der Waals surface area contributed by atoms with E-state index in [2.05, 4.69) is 60.4 Å². The van der Waals surface area contributed by atoms with Crippen molar-refractivity contribution in [3.63, 3.8) is 0 Å². The van der Waals surface area contributed by atoms with Gasteiger partial charge in [0.1, 0.15) is 0 Å². The predicted molar refractivity (Wildman–Crippen MR) is 94.2 cm³/mol. The summed E-state index contributed by atoms with van der Waals surface area (Å²) < 4.78 is 0. The summed E-state index contributed by atoms with van der Waals surface area (Å²) in [5, 5.41) is 4.78. The molecule has 0 aliphatic heterocycles. The summed E-state index contributed by atoms with van der Waals surface area (Å²) in [5.74, 6) is 0. The van der Waals surface area contributed by atoms with Gasteiger partial charge in [0, 0.05) is 24.8 Å². The van der Waals surface area contributed by atoms with Gasteiger partial charge in [0.2, 0.25) is 0 Å². The molecule has 3 N–H and O–H groups in total. The number of hydrogen-bond donors (Lipinski definition) is 2. The van der Waals surface area contributed by atoms with Crippen molar-refractivity contribution in [1.82, 2.24) is 5.09 Å². The Kier molecular flexibility index (Phi) is 9.62. The van der Waals surface area contributed by atoms with E-state index in [0.29, 0.717) is 0 Å². The molecule has 0 saturated heterocycles. The Hall–Kier alpha value is -0.160. The quantitative estimate of drug-likeness (QED) is 0.355. The van der Waals surface area contributed by atoms with Crippen molar-refractivity contribution >= 4 is 16.7 Å². The lowest BCUT2D eigenvalue weighted by molar-refractivity contribution is 0.462. The average Bonchev–Trinajstić information content (AvgIpc) is 2.34. The molecule has 2 atom stereocenters. The SMILES string of the molecule is C=C(C/C=C\C(=C/N)P(P)NC(C)(C)CC)CCC. The summed E-state index contributed by atoms with van der Waals surface area (Å²) >= 11 is 0. The topological polar surface area (TPSA) is 38.0 Å². The van der Waals surface area contributed by atoms with Crippen molar-refractivity contribution in [1.29, 1.82) is 0 Å². The molecule has 0 aromatic rings. The summed E-state index contributed by atoms with van der Waals surface area (Å²) in [7, 11) is 2.39. The van der Waals surface area contributed by atoms with Crippen LogP contribution in [-0.2, 0) is 0 Å². The summed E-state index contributed by atoms with van der Waals surface area (Å²) in [6.07, 6.45) is 10.3. The van der Waals surface area contributed by atoms with E-state index < -0.39 is 7.76 Å². The largest absolute Gasteiger partial charge is 0.404 e. The molecular formula is C15H30N2P2. The van der Waals surface area contributed by atoms with Crippen molar-refractivity contribution in [3.8, 4) is 0 Å². The number of nitrogens with one attached hydrogen (secondary N) is 1. The van der Waals surface area contributed by atoms with Gasteiger partial charge in [-0.3, -0.25) is 5.09 Å². The first-order chi connectivity index (χ1) is 8.86. The van der Waals surface area contributed by atoms with Crippen LogP contribution in [0.3, 0.4) is 0 Å². The third kappa shape index (κ3) is 8.58. The van der Waals surface area contributed by atoms with E-state index in [0.717, 1.165) is 31.0 Å². The van der Waals surface area contributed by atoms with Crippen molar-refractivity contribution in [2.75, 3.05) is 0 Å². The van der Waals surface area contributed by atoms with E-state index in [1.54, 1.807) is 6.20 Å². The molecule has 0 aromatic carbocycles. The summed E-state index contributed by atoms with van der Waals surface area (Å²) in [4.78, 5) is 0. The fourth-order valence-corrected chi connectivity index (χ4v) is 4.42. The Morgan fingerprint density at radius 3 is 2.53 bits per heavy atom. The van der Waals surface area contributed by atoms with Gasteiger partial charge in [-0.15, -0.1) is 0 Å². The van der Waals surface area contributed by atoms with Crippen LogP contribution >= 0.6 is 16.7 Å². The molecule has 0 amide bonds. The van der Waals surface area contributed by atoms with Crippen molar-refractivity contribution < 1.29 is 0 Å². The van der Waals surface area contributed by atoms with Crippen LogP contribution in [0.1, 0.15) is 53.4 Å². The highest BCUT2D eigenvalue weighted by molar-refractivity contribution is 8.14. The first kappa shape index (κ1) is 18.8. The zero-order valence-electron chi connectivity index (χ0n) is 12.9. The number of rotatable bonds is 9. The number of allylic oxidation sites excluding steroid dienone is 4. The molecule has 0 rings (SSSR count). The minimum atomic E-state index is -0.490. The Balaban J connectivity index is 4.43. The standard InChI is InChI=1S/C15H30N2P2/c1-6-9-13(3)10-8-11-14(12-16)19(18)17-15(4,5)7-2/h8,11-12,17H,3,6-7,9-10,16,18H2,1-2,4-5H3/b11-8-,14-12+. The fraction of sp³-hybridized carbons (Fsp3) is 0.600. The van der Waals surface area contributed by atoms with Crippen LogP contribution in [0.25, 0.3) is 0 Å². The lowest BCUT2D eigenvalue weighted by atomic mass is 10.0. The van der Waals surface area contributed by atoms with E-state index >= 15 is 0 Å². The first-order valence-corrected chi connectivity index (χ1v) is 9.90. The van der Waals surface area contributed by atoms with E-state index in [4.69, 9.17) is 5.73 Å². The molecule has 0 spiro atoms. The molecular weight excluding hydrogens is 270 g/mol. The molecule has 0 aliphatic carbocycles. The van der Waals surface area contributed by atoms with Crippen LogP contribution in [-0.4, -0.2) is 5.54 Å². The Bertz CT molecular complexity index is 333. The van der Waals surface area contributed by atoms with E-state index in [1.165, 1.54) is 5.57 Å². The molecule has 0 aromatic heterocycles. The molecule has 0 radical (unpaired) electrons. The molecule has 110 valence electrons. The van der Waals surface area contributed by atoms with Crippen LogP contribution in [0.5, 0.6) is 0 Å². The zero-order chi connectivity index (χ0) is 14.9. The van der Waals surface area contributed by atoms with Crippen LogP contribution in [0.15, 0.2) is 35.8 Å². The van der Waals surface area contributed by atoms with Gasteiger partial charge >= 0.3 is 0 Å². The summed E-state index contributed by atoms with van der Waals surface area (Å²) in [5.41, 5.74) is 7.16. The van der Waals surface area contributed by atoms with Crippen LogP contribution in [0.4, 0.5) is 0 Å². The normalized spacial score (nSPS) is 14.9. The zero-order valence-corrected chi connectivity index (χ0v) is 14.9. The second kappa shape index (κ2) is 9.70. The third-order valence-electron chi connectivity index (χ3n) is 3.05. The van der Waals surface area contributed by atoms with Gasteiger partial charge in [-0.05, 0) is 33.1 Å². The van der Waals surface area contributed by atoms with Gasteiger partial charge in [0.05, 0.1) is 0 Å². The second-order valence-electron chi connectivity index (χ2n) is 5.42. The van der Waals surface area contributed by atoms with Gasteiger partial charge < -0.3 is 5.73 Å². The first-order valence-electron chi connectivity index (χ1n) is 6.94. The minimum absolute atomic E-state index is 0.140. The smallest absolute Gasteiger partial charge is 0.0164 e. The van der Waals surface area contributed by atoms with Gasteiger partial charge in [0.25, 0.3) is 0 Å². The molecule has 0 bridgehead atoms. The Morgan fingerprint density at radius 2 is 2.05 bits per heavy atom. The maximum atomic E-state index is 5.74. The van der Waals surface area contributed by atoms with Crippen molar-refractivity contribution in [3.05, 3.63) is 35.8 Å². The molecule has 19 heavy (non-hydrogen) atoms. The van der Waals surface area contributed by atoms with Gasteiger partial charge in [-0.2, -0.15) is 0 Å². The highest BCUT2D eigenvalue weighted by Gasteiger charge is 2.18. The Morgan fingerprint density at radius 1 is 1.42 bits per heavy atom. The highest BCUT2D eigenvalue weighted by Crippen LogP contribution is 2.50. The molecule has 0 saturated carbocycles. The summed E-state index contributed by atoms with van der Waals surface area (Å²) in [6.45, 7) is 12.9. The number of nitrogens with two attached hydrogens (primary N) is 1. The average molecular weight is 300 g/mol. The Labute approximate surface area is 122 Å². The predicted octanol–water partition coefficient (Wildman–Crippen LogP) is 5.05. The van der Waals surface area contributed by atoms with E-state index in [9.17, 15) is 0 Å². The van der Waals surface area contributed by atoms with Gasteiger partial charge in [-0.1, -0.05) is 53.5 Å². The van der Waals surface area contributed by atoms with Crippen LogP contribution in [0.2, 0.25) is 0 Å². The molecule has 0 fully saturated rings. The van der Waals surface area contributed by atoms with Crippen LogP contribution in [0, 0.1) is 0 Å². The molecule has 0 heterocycles. The molecule has 4 heteroatoms. The van der Waals surface area contributed by atoms with Gasteiger partial charge in [0.15, 0.2) is 0 Å². The third-order valence-corrected chi connectivity index (χ3v) is 6.04. The monoisotopic (exact) mass is 300 g/mol. The highest BCUT2D eigenvalue weighted by atomic mass is 32.0. The lowest BCUT2D eigenvalue weighted by Gasteiger charge is -2.29. The fourth-order valence-electron chi connectivity index (χ4n) is 1.49. The lowest BCUT2D eigenvalue weighted by Crippen LogP contribution is -2.33. The molecule has 2 unspecified atom stereocenters. The molecule has 2 nitrogen and oxygen atoms in total. The number of hydrogen-bond acceptors (Lipinski definition) is 2. The molecule has 0 aliphatic rings. The van der Waals surface area contributed by atoms with E-state index in [1.807, 2.05) is 0 Å².